The summed E-state index contributed by atoms with van der Waals surface area (Å²) in [5, 5.41) is -0.526. The molecule has 2 aromatic carbocycles. The summed E-state index contributed by atoms with van der Waals surface area (Å²) in [7, 11) is 0. The molecule has 0 aliphatic carbocycles. The van der Waals surface area contributed by atoms with Crippen molar-refractivity contribution in [1.29, 1.82) is 0 Å². The van der Waals surface area contributed by atoms with E-state index >= 15 is 0 Å². The summed E-state index contributed by atoms with van der Waals surface area (Å²) in [4.78, 5) is 10.8. The van der Waals surface area contributed by atoms with Gasteiger partial charge < -0.3 is 0 Å². The molecule has 18 heavy (non-hydrogen) atoms. The first-order valence-corrected chi connectivity index (χ1v) is 5.61. The molecule has 0 aromatic heterocycles. The molecule has 0 atom stereocenters. The van der Waals surface area contributed by atoms with Crippen LogP contribution < -0.4 is 0 Å². The first kappa shape index (κ1) is 12.7. The lowest BCUT2D eigenvalue weighted by Gasteiger charge is -2.06. The van der Waals surface area contributed by atoms with Gasteiger partial charge in [-0.2, -0.15) is 0 Å². The van der Waals surface area contributed by atoms with Crippen LogP contribution in [0.25, 0.3) is 11.1 Å². The van der Waals surface area contributed by atoms with Gasteiger partial charge in [0.25, 0.3) is 0 Å². The van der Waals surface area contributed by atoms with Gasteiger partial charge >= 0.3 is 0 Å². The van der Waals surface area contributed by atoms with Gasteiger partial charge in [-0.15, -0.1) is 0 Å². The fourth-order valence-electron chi connectivity index (χ4n) is 1.67. The summed E-state index contributed by atoms with van der Waals surface area (Å²) in [5.74, 6) is -1.64. The van der Waals surface area contributed by atoms with Crippen molar-refractivity contribution in [3.63, 3.8) is 0 Å². The molecule has 0 aliphatic heterocycles. The molecule has 92 valence electrons. The van der Waals surface area contributed by atoms with Gasteiger partial charge in [-0.1, -0.05) is 23.7 Å². The van der Waals surface area contributed by atoms with Crippen LogP contribution in [0.2, 0.25) is 5.02 Å². The third-order valence-corrected chi connectivity index (χ3v) is 3.08. The molecule has 4 heteroatoms. The molecule has 0 N–H and O–H groups in total. The van der Waals surface area contributed by atoms with E-state index < -0.39 is 16.7 Å². The quantitative estimate of drug-likeness (QED) is 0.581. The molecule has 0 aliphatic rings. The molecule has 0 amide bonds. The Labute approximate surface area is 108 Å². The highest BCUT2D eigenvalue weighted by atomic mass is 35.5. The second-order valence-corrected chi connectivity index (χ2v) is 4.32. The van der Waals surface area contributed by atoms with E-state index in [4.69, 9.17) is 11.6 Å². The van der Waals surface area contributed by atoms with E-state index in [1.165, 1.54) is 0 Å². The number of carbonyl (C=O) groups is 1. The Kier molecular flexibility index (Phi) is 3.43. The Bertz CT molecular complexity index is 600. The van der Waals surface area contributed by atoms with Gasteiger partial charge in [-0.3, -0.25) is 4.79 Å². The van der Waals surface area contributed by atoms with Crippen molar-refractivity contribution in [3.05, 3.63) is 58.1 Å². The summed E-state index contributed by atoms with van der Waals surface area (Å²) in [6, 6.07) is 7.30. The van der Waals surface area contributed by atoms with Gasteiger partial charge in [-0.05, 0) is 41.8 Å². The third kappa shape index (κ3) is 2.27. The molecule has 0 bridgehead atoms. The number of hydrogen-bond donors (Lipinski definition) is 0. The van der Waals surface area contributed by atoms with Gasteiger partial charge in [0.15, 0.2) is 0 Å². The summed E-state index contributed by atoms with van der Waals surface area (Å²) in [6.07, 6.45) is 0.710. The monoisotopic (exact) mass is 266 g/mol. The minimum atomic E-state index is -0.820. The highest BCUT2D eigenvalue weighted by Crippen LogP contribution is 2.28. The molecule has 0 radical (unpaired) electrons. The fourth-order valence-corrected chi connectivity index (χ4v) is 1.78. The van der Waals surface area contributed by atoms with Crippen LogP contribution in [0.1, 0.15) is 15.9 Å². The molecule has 0 spiro atoms. The Morgan fingerprint density at radius 3 is 2.22 bits per heavy atom. The van der Waals surface area contributed by atoms with Gasteiger partial charge in [0.1, 0.15) is 22.9 Å². The maximum Gasteiger partial charge on any atom is 0.150 e. The lowest BCUT2D eigenvalue weighted by Crippen LogP contribution is -1.90. The van der Waals surface area contributed by atoms with E-state index in [1.54, 1.807) is 25.1 Å². The Hall–Kier alpha value is -1.74. The molecule has 0 fully saturated rings. The average Bonchev–Trinajstić information content (AvgIpc) is 2.36. The van der Waals surface area contributed by atoms with Gasteiger partial charge in [0, 0.05) is 5.56 Å². The lowest BCUT2D eigenvalue weighted by atomic mass is 10.0. The molecule has 2 rings (SSSR count). The summed E-state index contributed by atoms with van der Waals surface area (Å²) in [6.45, 7) is 1.79. The minimum Gasteiger partial charge on any atom is -0.298 e. The van der Waals surface area contributed by atoms with E-state index in [1.807, 2.05) is 0 Å². The lowest BCUT2D eigenvalue weighted by molar-refractivity contribution is 0.112. The molecule has 0 saturated heterocycles. The van der Waals surface area contributed by atoms with Crippen LogP contribution in [0.15, 0.2) is 30.3 Å². The molecule has 1 nitrogen and oxygen atoms in total. The number of rotatable bonds is 2. The van der Waals surface area contributed by atoms with E-state index in [0.29, 0.717) is 23.0 Å². The smallest absolute Gasteiger partial charge is 0.150 e. The van der Waals surface area contributed by atoms with E-state index in [2.05, 4.69) is 0 Å². The summed E-state index contributed by atoms with van der Waals surface area (Å²) >= 11 is 5.41. The Morgan fingerprint density at radius 2 is 1.67 bits per heavy atom. The molecule has 0 saturated carbocycles. The van der Waals surface area contributed by atoms with Crippen molar-refractivity contribution in [1.82, 2.24) is 0 Å². The normalized spacial score (nSPS) is 10.4. The van der Waals surface area contributed by atoms with Gasteiger partial charge in [0.05, 0.1) is 0 Å². The third-order valence-electron chi connectivity index (χ3n) is 2.72. The first-order valence-electron chi connectivity index (χ1n) is 5.23. The Balaban J connectivity index is 2.58. The maximum atomic E-state index is 13.3. The van der Waals surface area contributed by atoms with Crippen molar-refractivity contribution >= 4 is 17.9 Å². The largest absolute Gasteiger partial charge is 0.298 e. The highest BCUT2D eigenvalue weighted by molar-refractivity contribution is 6.31. The first-order chi connectivity index (χ1) is 8.52. The predicted molar refractivity (Wildman–Crippen MR) is 66.9 cm³/mol. The predicted octanol–water partition coefficient (Wildman–Crippen LogP) is 4.41. The molecule has 2 aromatic rings. The molecular formula is C14H9ClF2O. The van der Waals surface area contributed by atoms with Crippen LogP contribution >= 0.6 is 11.6 Å². The molecule has 0 unspecified atom stereocenters. The van der Waals surface area contributed by atoms with Crippen LogP contribution in [0.4, 0.5) is 8.78 Å². The SMILES string of the molecule is Cc1ccc(-c2cc(F)c(Cl)c(F)c2)cc1C=O. The van der Waals surface area contributed by atoms with Crippen molar-refractivity contribution in [3.8, 4) is 11.1 Å². The molecule has 0 heterocycles. The number of hydrogen-bond acceptors (Lipinski definition) is 1. The second kappa shape index (κ2) is 4.86. The standard InChI is InChI=1S/C14H9ClF2O/c1-8-2-3-9(4-11(8)7-18)10-5-12(16)14(15)13(17)6-10/h2-7H,1H3. The molecular weight excluding hydrogens is 258 g/mol. The van der Waals surface area contributed by atoms with Crippen LogP contribution in [0.3, 0.4) is 0 Å². The maximum absolute atomic E-state index is 13.3. The second-order valence-electron chi connectivity index (χ2n) is 3.94. The topological polar surface area (TPSA) is 17.1 Å². The zero-order valence-electron chi connectivity index (χ0n) is 9.51. The van der Waals surface area contributed by atoms with Crippen molar-refractivity contribution < 1.29 is 13.6 Å². The summed E-state index contributed by atoms with van der Waals surface area (Å²) < 4.78 is 26.7. The van der Waals surface area contributed by atoms with E-state index in [-0.39, 0.29) is 0 Å². The number of carbonyl (C=O) groups excluding carboxylic acids is 1. The van der Waals surface area contributed by atoms with Crippen LogP contribution in [0, 0.1) is 18.6 Å². The van der Waals surface area contributed by atoms with Gasteiger partial charge in [-0.25, -0.2) is 8.78 Å². The fraction of sp³-hybridized carbons (Fsp3) is 0.0714. The number of aldehydes is 1. The van der Waals surface area contributed by atoms with Crippen molar-refractivity contribution in [2.24, 2.45) is 0 Å². The number of halogens is 3. The van der Waals surface area contributed by atoms with E-state index in [0.717, 1.165) is 17.7 Å². The Morgan fingerprint density at radius 1 is 1.06 bits per heavy atom. The van der Waals surface area contributed by atoms with Crippen LogP contribution in [-0.4, -0.2) is 6.29 Å². The van der Waals surface area contributed by atoms with E-state index in [9.17, 15) is 13.6 Å². The van der Waals surface area contributed by atoms with Crippen LogP contribution in [-0.2, 0) is 0 Å². The van der Waals surface area contributed by atoms with Crippen molar-refractivity contribution in [2.45, 2.75) is 6.92 Å². The van der Waals surface area contributed by atoms with Gasteiger partial charge in [0.2, 0.25) is 0 Å². The summed E-state index contributed by atoms with van der Waals surface area (Å²) in [5.41, 5.74) is 2.21. The zero-order valence-corrected chi connectivity index (χ0v) is 10.3. The average molecular weight is 267 g/mol. The van der Waals surface area contributed by atoms with Crippen molar-refractivity contribution in [2.75, 3.05) is 0 Å². The highest BCUT2D eigenvalue weighted by Gasteiger charge is 2.10. The van der Waals surface area contributed by atoms with Crippen LogP contribution in [0.5, 0.6) is 0 Å². The zero-order chi connectivity index (χ0) is 13.3. The minimum absolute atomic E-state index is 0.345. The number of aryl methyl sites for hydroxylation is 1. The number of benzene rings is 2.